The van der Waals surface area contributed by atoms with Gasteiger partial charge in [-0.2, -0.15) is 18.3 Å². The minimum atomic E-state index is -4.32. The number of ether oxygens (including phenoxy) is 1. The van der Waals surface area contributed by atoms with Crippen LogP contribution in [0.25, 0.3) is 0 Å². The first-order valence-corrected chi connectivity index (χ1v) is 3.93. The van der Waals surface area contributed by atoms with Crippen LogP contribution in [-0.4, -0.2) is 29.1 Å². The van der Waals surface area contributed by atoms with Crippen LogP contribution >= 0.6 is 0 Å². The third kappa shape index (κ3) is 3.65. The van der Waals surface area contributed by atoms with Crippen LogP contribution in [0.3, 0.4) is 0 Å². The van der Waals surface area contributed by atoms with E-state index in [-0.39, 0.29) is 5.75 Å². The molecule has 0 aliphatic rings. The van der Waals surface area contributed by atoms with Crippen molar-refractivity contribution in [3.05, 3.63) is 12.4 Å². The molecule has 0 unspecified atom stereocenters. The third-order valence-electron chi connectivity index (χ3n) is 1.37. The van der Waals surface area contributed by atoms with Crippen LogP contribution in [0.4, 0.5) is 13.2 Å². The molecule has 0 fully saturated rings. The van der Waals surface area contributed by atoms with Gasteiger partial charge in [-0.05, 0) is 0 Å². The van der Waals surface area contributed by atoms with Crippen LogP contribution in [0.1, 0.15) is 0 Å². The van der Waals surface area contributed by atoms with Crippen LogP contribution in [0, 0.1) is 0 Å². The molecule has 1 rings (SSSR count). The number of hydrogen-bond acceptors (Lipinski definition) is 3. The molecule has 0 aliphatic carbocycles. The summed E-state index contributed by atoms with van der Waals surface area (Å²) in [4.78, 5) is 0. The van der Waals surface area contributed by atoms with Crippen molar-refractivity contribution in [1.29, 1.82) is 0 Å². The highest BCUT2D eigenvalue weighted by Gasteiger charge is 2.28. The fraction of sp³-hybridized carbons (Fsp3) is 0.571. The first-order valence-electron chi connectivity index (χ1n) is 3.93. The van der Waals surface area contributed by atoms with Crippen LogP contribution < -0.4 is 10.5 Å². The van der Waals surface area contributed by atoms with E-state index in [1.54, 1.807) is 0 Å². The molecule has 0 bridgehead atoms. The number of halogens is 3. The maximum Gasteiger partial charge on any atom is 0.422 e. The predicted octanol–water partition coefficient (Wildman–Crippen LogP) is 0.783. The molecular formula is C7H10F3N3O. The fourth-order valence-electron chi connectivity index (χ4n) is 0.839. The van der Waals surface area contributed by atoms with Crippen molar-refractivity contribution in [2.75, 3.05) is 13.2 Å². The number of nitrogens with zero attached hydrogens (tertiary/aromatic N) is 2. The second-order valence-electron chi connectivity index (χ2n) is 2.63. The Balaban J connectivity index is 2.44. The summed E-state index contributed by atoms with van der Waals surface area (Å²) in [6, 6.07) is 0. The largest absolute Gasteiger partial charge is 0.481 e. The first kappa shape index (κ1) is 10.8. The maximum atomic E-state index is 11.7. The van der Waals surface area contributed by atoms with E-state index < -0.39 is 12.8 Å². The highest BCUT2D eigenvalue weighted by molar-refractivity contribution is 5.11. The Hall–Kier alpha value is -1.24. The molecule has 1 heterocycles. The molecule has 7 heteroatoms. The molecule has 0 radical (unpaired) electrons. The van der Waals surface area contributed by atoms with Crippen molar-refractivity contribution < 1.29 is 17.9 Å². The molecule has 2 N–H and O–H groups in total. The van der Waals surface area contributed by atoms with E-state index in [2.05, 4.69) is 9.84 Å². The van der Waals surface area contributed by atoms with Gasteiger partial charge < -0.3 is 10.5 Å². The first-order chi connectivity index (χ1) is 6.51. The number of nitrogens with two attached hydrogens (primary N) is 1. The van der Waals surface area contributed by atoms with E-state index in [0.29, 0.717) is 13.1 Å². The SMILES string of the molecule is NCCn1cc(OCC(F)(F)F)cn1. The minimum Gasteiger partial charge on any atom is -0.481 e. The monoisotopic (exact) mass is 209 g/mol. The van der Waals surface area contributed by atoms with E-state index in [4.69, 9.17) is 5.73 Å². The van der Waals surface area contributed by atoms with E-state index in [1.807, 2.05) is 0 Å². The average molecular weight is 209 g/mol. The molecule has 1 aromatic rings. The Kier molecular flexibility index (Phi) is 3.34. The fourth-order valence-corrected chi connectivity index (χ4v) is 0.839. The summed E-state index contributed by atoms with van der Waals surface area (Å²) in [5, 5.41) is 3.75. The highest BCUT2D eigenvalue weighted by atomic mass is 19.4. The second kappa shape index (κ2) is 4.32. The maximum absolute atomic E-state index is 11.7. The van der Waals surface area contributed by atoms with E-state index in [9.17, 15) is 13.2 Å². The Bertz CT molecular complexity index is 284. The number of aromatic nitrogens is 2. The van der Waals surface area contributed by atoms with E-state index in [1.165, 1.54) is 17.1 Å². The Morgan fingerprint density at radius 2 is 2.21 bits per heavy atom. The second-order valence-corrected chi connectivity index (χ2v) is 2.63. The zero-order chi connectivity index (χ0) is 10.6. The van der Waals surface area contributed by atoms with Gasteiger partial charge in [0.15, 0.2) is 12.4 Å². The zero-order valence-corrected chi connectivity index (χ0v) is 7.29. The smallest absolute Gasteiger partial charge is 0.422 e. The van der Waals surface area contributed by atoms with Gasteiger partial charge >= 0.3 is 6.18 Å². The third-order valence-corrected chi connectivity index (χ3v) is 1.37. The van der Waals surface area contributed by atoms with Gasteiger partial charge in [0.1, 0.15) is 0 Å². The lowest BCUT2D eigenvalue weighted by Gasteiger charge is -2.06. The lowest BCUT2D eigenvalue weighted by atomic mass is 10.6. The number of rotatable bonds is 4. The molecule has 0 amide bonds. The molecule has 80 valence electrons. The van der Waals surface area contributed by atoms with Gasteiger partial charge in [-0.3, -0.25) is 4.68 Å². The van der Waals surface area contributed by atoms with Crippen LogP contribution in [0.5, 0.6) is 5.75 Å². The molecule has 0 saturated carbocycles. The molecule has 0 aromatic carbocycles. The summed E-state index contributed by atoms with van der Waals surface area (Å²) in [5.74, 6) is 0.0933. The summed E-state index contributed by atoms with van der Waals surface area (Å²) >= 11 is 0. The normalized spacial score (nSPS) is 11.7. The van der Waals surface area contributed by atoms with Gasteiger partial charge in [0.2, 0.25) is 0 Å². The predicted molar refractivity (Wildman–Crippen MR) is 42.8 cm³/mol. The average Bonchev–Trinajstić information content (AvgIpc) is 2.49. The van der Waals surface area contributed by atoms with E-state index in [0.717, 1.165) is 0 Å². The number of hydrogen-bond donors (Lipinski definition) is 1. The van der Waals surface area contributed by atoms with Crippen molar-refractivity contribution in [1.82, 2.24) is 9.78 Å². The molecule has 0 spiro atoms. The topological polar surface area (TPSA) is 53.1 Å². The van der Waals surface area contributed by atoms with Crippen LogP contribution in [-0.2, 0) is 6.54 Å². The molecular weight excluding hydrogens is 199 g/mol. The van der Waals surface area contributed by atoms with Gasteiger partial charge in [-0.25, -0.2) is 0 Å². The summed E-state index contributed by atoms with van der Waals surface area (Å²) in [6.07, 6.45) is -1.73. The summed E-state index contributed by atoms with van der Waals surface area (Å²) in [5.41, 5.74) is 5.23. The van der Waals surface area contributed by atoms with Gasteiger partial charge in [0.25, 0.3) is 0 Å². The summed E-state index contributed by atoms with van der Waals surface area (Å²) in [6.45, 7) is -0.475. The zero-order valence-electron chi connectivity index (χ0n) is 7.29. The van der Waals surface area contributed by atoms with Gasteiger partial charge in [-0.1, -0.05) is 0 Å². The molecule has 0 aliphatic heterocycles. The van der Waals surface area contributed by atoms with Crippen LogP contribution in [0.2, 0.25) is 0 Å². The van der Waals surface area contributed by atoms with Crippen molar-refractivity contribution in [3.8, 4) is 5.75 Å². The van der Waals surface area contributed by atoms with Crippen LogP contribution in [0.15, 0.2) is 12.4 Å². The summed E-state index contributed by atoms with van der Waals surface area (Å²) in [7, 11) is 0. The molecule has 14 heavy (non-hydrogen) atoms. The minimum absolute atomic E-state index is 0.0933. The molecule has 0 saturated heterocycles. The highest BCUT2D eigenvalue weighted by Crippen LogP contribution is 2.17. The van der Waals surface area contributed by atoms with Gasteiger partial charge in [-0.15, -0.1) is 0 Å². The van der Waals surface area contributed by atoms with E-state index >= 15 is 0 Å². The van der Waals surface area contributed by atoms with Gasteiger partial charge in [0, 0.05) is 6.54 Å². The lowest BCUT2D eigenvalue weighted by molar-refractivity contribution is -0.153. The lowest BCUT2D eigenvalue weighted by Crippen LogP contribution is -2.19. The van der Waals surface area contributed by atoms with Crippen molar-refractivity contribution in [3.63, 3.8) is 0 Å². The molecule has 0 atom stereocenters. The Labute approximate surface area is 78.4 Å². The van der Waals surface area contributed by atoms with Gasteiger partial charge in [0.05, 0.1) is 18.9 Å². The Morgan fingerprint density at radius 3 is 2.79 bits per heavy atom. The number of alkyl halides is 3. The standard InChI is InChI=1S/C7H10F3N3O/c8-7(9,10)5-14-6-3-12-13(4-6)2-1-11/h3-4H,1-2,5,11H2. The van der Waals surface area contributed by atoms with Crippen molar-refractivity contribution in [2.45, 2.75) is 12.7 Å². The molecule has 1 aromatic heterocycles. The molecule has 4 nitrogen and oxygen atoms in total. The van der Waals surface area contributed by atoms with Crippen molar-refractivity contribution in [2.24, 2.45) is 5.73 Å². The van der Waals surface area contributed by atoms with Crippen molar-refractivity contribution >= 4 is 0 Å². The summed E-state index contributed by atoms with van der Waals surface area (Å²) < 4.78 is 41.0. The Morgan fingerprint density at radius 1 is 1.50 bits per heavy atom. The quantitative estimate of drug-likeness (QED) is 0.797.